The summed E-state index contributed by atoms with van der Waals surface area (Å²) in [4.78, 5) is 2.28. The molecule has 0 aliphatic carbocycles. The van der Waals surface area contributed by atoms with Crippen molar-refractivity contribution in [3.05, 3.63) is 35.4 Å². The fourth-order valence-electron chi connectivity index (χ4n) is 2.09. The summed E-state index contributed by atoms with van der Waals surface area (Å²) in [5.41, 5.74) is 2.87. The van der Waals surface area contributed by atoms with Crippen LogP contribution in [0, 0.1) is 6.92 Å². The van der Waals surface area contributed by atoms with Gasteiger partial charge in [0.25, 0.3) is 0 Å². The third kappa shape index (κ3) is 3.55. The van der Waals surface area contributed by atoms with Crippen LogP contribution >= 0.6 is 0 Å². The van der Waals surface area contributed by atoms with Crippen molar-refractivity contribution >= 4 is 0 Å². The van der Waals surface area contributed by atoms with Crippen molar-refractivity contribution in [1.82, 2.24) is 10.2 Å². The number of nitrogens with zero attached hydrogens (tertiary/aromatic N) is 1. The molecule has 0 saturated heterocycles. The maximum absolute atomic E-state index is 3.45. The summed E-state index contributed by atoms with van der Waals surface area (Å²) in [5.74, 6) is 0. The highest BCUT2D eigenvalue weighted by atomic mass is 15.2. The summed E-state index contributed by atoms with van der Waals surface area (Å²) >= 11 is 0. The van der Waals surface area contributed by atoms with Gasteiger partial charge >= 0.3 is 0 Å². The molecule has 1 rings (SSSR count). The van der Waals surface area contributed by atoms with E-state index in [1.807, 2.05) is 7.05 Å². The Morgan fingerprint density at radius 2 is 1.94 bits per heavy atom. The Morgan fingerprint density at radius 3 is 2.41 bits per heavy atom. The highest BCUT2D eigenvalue weighted by molar-refractivity contribution is 5.23. The zero-order valence-electron chi connectivity index (χ0n) is 12.0. The third-order valence-corrected chi connectivity index (χ3v) is 3.88. The lowest BCUT2D eigenvalue weighted by Gasteiger charge is -2.40. The number of aryl methyl sites for hydroxylation is 1. The van der Waals surface area contributed by atoms with Crippen LogP contribution in [-0.4, -0.2) is 37.6 Å². The van der Waals surface area contributed by atoms with Gasteiger partial charge in [0.2, 0.25) is 0 Å². The van der Waals surface area contributed by atoms with Gasteiger partial charge in [-0.05, 0) is 53.9 Å². The first-order valence-corrected chi connectivity index (χ1v) is 6.28. The van der Waals surface area contributed by atoms with E-state index in [0.29, 0.717) is 6.04 Å². The van der Waals surface area contributed by atoms with Gasteiger partial charge in [0.05, 0.1) is 0 Å². The molecule has 2 heteroatoms. The second-order valence-electron chi connectivity index (χ2n) is 5.58. The zero-order valence-corrected chi connectivity index (χ0v) is 12.0. The topological polar surface area (TPSA) is 15.3 Å². The van der Waals surface area contributed by atoms with Crippen LogP contribution in [-0.2, 0) is 6.42 Å². The number of likely N-dealkylation sites (N-methyl/N-ethyl adjacent to an activating group) is 2. The van der Waals surface area contributed by atoms with Crippen LogP contribution in [0.5, 0.6) is 0 Å². The summed E-state index contributed by atoms with van der Waals surface area (Å²) in [6.45, 7) is 6.71. The van der Waals surface area contributed by atoms with E-state index in [4.69, 9.17) is 0 Å². The third-order valence-electron chi connectivity index (χ3n) is 3.88. The molecule has 0 aromatic heterocycles. The standard InChI is InChI=1S/C15H26N2/c1-12-8-7-9-13(10-12)11-14(16-4)15(2,3)17(5)6/h7-10,14,16H,11H2,1-6H3. The molecule has 0 fully saturated rings. The van der Waals surface area contributed by atoms with Gasteiger partial charge in [0.1, 0.15) is 0 Å². The van der Waals surface area contributed by atoms with E-state index in [-0.39, 0.29) is 5.54 Å². The van der Waals surface area contributed by atoms with Gasteiger partial charge in [0.15, 0.2) is 0 Å². The molecule has 0 aliphatic heterocycles. The molecule has 0 bridgehead atoms. The van der Waals surface area contributed by atoms with E-state index in [1.54, 1.807) is 0 Å². The van der Waals surface area contributed by atoms with E-state index in [0.717, 1.165) is 6.42 Å². The Balaban J connectivity index is 2.84. The molecule has 2 nitrogen and oxygen atoms in total. The van der Waals surface area contributed by atoms with Crippen molar-refractivity contribution in [2.75, 3.05) is 21.1 Å². The van der Waals surface area contributed by atoms with Crippen LogP contribution in [0.25, 0.3) is 0 Å². The van der Waals surface area contributed by atoms with Gasteiger partial charge in [-0.1, -0.05) is 29.8 Å². The lowest BCUT2D eigenvalue weighted by molar-refractivity contribution is 0.141. The second kappa shape index (κ2) is 5.65. The first kappa shape index (κ1) is 14.2. The van der Waals surface area contributed by atoms with E-state index in [1.165, 1.54) is 11.1 Å². The van der Waals surface area contributed by atoms with Crippen LogP contribution < -0.4 is 5.32 Å². The molecule has 17 heavy (non-hydrogen) atoms. The normalized spacial score (nSPS) is 14.1. The van der Waals surface area contributed by atoms with E-state index in [2.05, 4.69) is 69.3 Å². The van der Waals surface area contributed by atoms with E-state index >= 15 is 0 Å². The van der Waals surface area contributed by atoms with Crippen molar-refractivity contribution in [2.24, 2.45) is 0 Å². The molecule has 0 aliphatic rings. The molecule has 96 valence electrons. The van der Waals surface area contributed by atoms with Crippen LogP contribution in [0.15, 0.2) is 24.3 Å². The molecule has 0 heterocycles. The van der Waals surface area contributed by atoms with Crippen LogP contribution in [0.3, 0.4) is 0 Å². The van der Waals surface area contributed by atoms with Gasteiger partial charge in [-0.2, -0.15) is 0 Å². The van der Waals surface area contributed by atoms with E-state index in [9.17, 15) is 0 Å². The SMILES string of the molecule is CNC(Cc1cccc(C)c1)C(C)(C)N(C)C. The maximum atomic E-state index is 3.45. The van der Waals surface area contributed by atoms with Gasteiger partial charge in [0, 0.05) is 11.6 Å². The Labute approximate surface area is 106 Å². The average molecular weight is 234 g/mol. The van der Waals surface area contributed by atoms with E-state index < -0.39 is 0 Å². The summed E-state index contributed by atoms with van der Waals surface area (Å²) in [5, 5.41) is 3.45. The number of nitrogens with one attached hydrogen (secondary N) is 1. The van der Waals surface area contributed by atoms with Gasteiger partial charge in [-0.15, -0.1) is 0 Å². The molecule has 1 atom stereocenters. The molecule has 0 spiro atoms. The number of benzene rings is 1. The minimum Gasteiger partial charge on any atom is -0.315 e. The smallest absolute Gasteiger partial charge is 0.0303 e. The van der Waals surface area contributed by atoms with Gasteiger partial charge in [-0.25, -0.2) is 0 Å². The van der Waals surface area contributed by atoms with Crippen molar-refractivity contribution in [3.8, 4) is 0 Å². The molecule has 1 N–H and O–H groups in total. The maximum Gasteiger partial charge on any atom is 0.0303 e. The molecule has 1 aromatic rings. The van der Waals surface area contributed by atoms with Crippen LogP contribution in [0.1, 0.15) is 25.0 Å². The number of hydrogen-bond donors (Lipinski definition) is 1. The van der Waals surface area contributed by atoms with Crippen molar-refractivity contribution in [3.63, 3.8) is 0 Å². The molecular weight excluding hydrogens is 208 g/mol. The lowest BCUT2D eigenvalue weighted by Crippen LogP contribution is -2.55. The summed E-state index contributed by atoms with van der Waals surface area (Å²) in [7, 11) is 6.33. The minimum absolute atomic E-state index is 0.137. The highest BCUT2D eigenvalue weighted by Crippen LogP contribution is 2.19. The van der Waals surface area contributed by atoms with Gasteiger partial charge in [-0.3, -0.25) is 0 Å². The lowest BCUT2D eigenvalue weighted by atomic mass is 9.88. The molecule has 0 amide bonds. The largest absolute Gasteiger partial charge is 0.315 e. The Kier molecular flexibility index (Phi) is 4.72. The molecule has 0 saturated carbocycles. The second-order valence-corrected chi connectivity index (χ2v) is 5.58. The number of hydrogen-bond acceptors (Lipinski definition) is 2. The quantitative estimate of drug-likeness (QED) is 0.842. The van der Waals surface area contributed by atoms with Crippen molar-refractivity contribution < 1.29 is 0 Å². The Bertz CT molecular complexity index is 356. The average Bonchev–Trinajstić information content (AvgIpc) is 2.25. The van der Waals surface area contributed by atoms with Crippen molar-refractivity contribution in [1.29, 1.82) is 0 Å². The van der Waals surface area contributed by atoms with Crippen LogP contribution in [0.4, 0.5) is 0 Å². The van der Waals surface area contributed by atoms with Crippen LogP contribution in [0.2, 0.25) is 0 Å². The fraction of sp³-hybridized carbons (Fsp3) is 0.600. The Morgan fingerprint density at radius 1 is 1.29 bits per heavy atom. The highest BCUT2D eigenvalue weighted by Gasteiger charge is 2.30. The monoisotopic (exact) mass is 234 g/mol. The zero-order chi connectivity index (χ0) is 13.1. The summed E-state index contributed by atoms with van der Waals surface area (Å²) in [6.07, 6.45) is 1.06. The predicted molar refractivity (Wildman–Crippen MR) is 75.5 cm³/mol. The molecule has 0 radical (unpaired) electrons. The van der Waals surface area contributed by atoms with Gasteiger partial charge < -0.3 is 10.2 Å². The predicted octanol–water partition coefficient (Wildman–Crippen LogP) is 2.47. The summed E-state index contributed by atoms with van der Waals surface area (Å²) in [6, 6.07) is 9.22. The molecule has 1 aromatic carbocycles. The number of rotatable bonds is 5. The first-order valence-electron chi connectivity index (χ1n) is 6.28. The Hall–Kier alpha value is -0.860. The minimum atomic E-state index is 0.137. The fourth-order valence-corrected chi connectivity index (χ4v) is 2.09. The van der Waals surface area contributed by atoms with Crippen molar-refractivity contribution in [2.45, 2.75) is 38.8 Å². The molecule has 1 unspecified atom stereocenters. The molecular formula is C15H26N2. The first-order chi connectivity index (χ1) is 7.87. The summed E-state index contributed by atoms with van der Waals surface area (Å²) < 4.78 is 0.